The molecule has 1 aromatic carbocycles. The van der Waals surface area contributed by atoms with E-state index in [1.54, 1.807) is 24.3 Å². The van der Waals surface area contributed by atoms with Crippen LogP contribution in [-0.2, 0) is 19.2 Å². The molecule has 0 unspecified atom stereocenters. The molecule has 1 aliphatic rings. The van der Waals surface area contributed by atoms with Crippen molar-refractivity contribution >= 4 is 35.5 Å². The lowest BCUT2D eigenvalue weighted by molar-refractivity contribution is -0.143. The predicted molar refractivity (Wildman–Crippen MR) is 115 cm³/mol. The van der Waals surface area contributed by atoms with Crippen LogP contribution in [0.15, 0.2) is 24.3 Å². The second-order valence-electron chi connectivity index (χ2n) is 7.00. The first-order valence-electron chi connectivity index (χ1n) is 10.2. The Balaban J connectivity index is 1.78. The summed E-state index contributed by atoms with van der Waals surface area (Å²) in [4.78, 5) is 52.7. The topological polar surface area (TPSA) is 176 Å². The van der Waals surface area contributed by atoms with E-state index in [0.717, 1.165) is 12.8 Å². The molecule has 1 heterocycles. The van der Waals surface area contributed by atoms with Crippen molar-refractivity contribution in [3.63, 3.8) is 0 Å². The molecule has 1 saturated heterocycles. The second-order valence-corrected chi connectivity index (χ2v) is 7.00. The van der Waals surface area contributed by atoms with E-state index in [1.807, 2.05) is 6.92 Å². The number of amides is 4. The van der Waals surface area contributed by atoms with Crippen LogP contribution in [0.1, 0.15) is 38.2 Å². The lowest BCUT2D eigenvalue weighted by Crippen LogP contribution is -2.46. The van der Waals surface area contributed by atoms with Crippen molar-refractivity contribution in [1.29, 1.82) is 5.41 Å². The number of hydrogen-bond donors (Lipinski definition) is 5. The first-order valence-corrected chi connectivity index (χ1v) is 10.2. The van der Waals surface area contributed by atoms with Gasteiger partial charge in [-0.15, -0.1) is 0 Å². The smallest absolute Gasteiger partial charge is 0.428 e. The third-order valence-corrected chi connectivity index (χ3v) is 4.61. The molecule has 32 heavy (non-hydrogen) atoms. The average molecular weight is 448 g/mol. The number of nitrogens with zero attached hydrogens (tertiary/aromatic N) is 1. The summed E-state index contributed by atoms with van der Waals surface area (Å²) in [7, 11) is 0. The number of nitrogens with one attached hydrogen (secondary N) is 4. The molecule has 1 aromatic rings. The number of primary amides is 1. The summed E-state index contributed by atoms with van der Waals surface area (Å²) in [6.45, 7) is 2.89. The normalized spacial score (nSPS) is 15.1. The molecular formula is C20H28N6O6. The van der Waals surface area contributed by atoms with Gasteiger partial charge in [0.05, 0.1) is 13.0 Å². The molecule has 12 heteroatoms. The Morgan fingerprint density at radius 1 is 1.25 bits per heavy atom. The molecule has 1 aliphatic heterocycles. The highest BCUT2D eigenvalue weighted by Gasteiger charge is 2.33. The highest BCUT2D eigenvalue weighted by atomic mass is 16.7. The Morgan fingerprint density at radius 3 is 2.62 bits per heavy atom. The predicted octanol–water partition coefficient (Wildman–Crippen LogP) is 0.750. The van der Waals surface area contributed by atoms with Crippen LogP contribution in [0, 0.1) is 5.41 Å². The number of anilines is 1. The Bertz CT molecular complexity index is 843. The van der Waals surface area contributed by atoms with Crippen molar-refractivity contribution in [1.82, 2.24) is 16.1 Å². The molecule has 6 N–H and O–H groups in total. The van der Waals surface area contributed by atoms with Gasteiger partial charge in [-0.2, -0.15) is 5.48 Å². The van der Waals surface area contributed by atoms with Crippen molar-refractivity contribution in [3.8, 4) is 0 Å². The van der Waals surface area contributed by atoms with Gasteiger partial charge in [0.2, 0.25) is 5.91 Å². The van der Waals surface area contributed by atoms with Crippen LogP contribution in [0.4, 0.5) is 15.3 Å². The van der Waals surface area contributed by atoms with Gasteiger partial charge in [-0.1, -0.05) is 13.3 Å². The number of ether oxygens (including phenoxy) is 1. The minimum atomic E-state index is -1.07. The van der Waals surface area contributed by atoms with E-state index in [2.05, 4.69) is 21.0 Å². The van der Waals surface area contributed by atoms with Crippen molar-refractivity contribution in [3.05, 3.63) is 29.8 Å². The van der Waals surface area contributed by atoms with Gasteiger partial charge < -0.3 is 30.8 Å². The summed E-state index contributed by atoms with van der Waals surface area (Å²) >= 11 is 0. The average Bonchev–Trinajstić information content (AvgIpc) is 3.12. The zero-order chi connectivity index (χ0) is 23.5. The molecule has 1 atom stereocenters. The largest absolute Gasteiger partial charge is 0.466 e. The third-order valence-electron chi connectivity index (χ3n) is 4.61. The molecule has 12 nitrogen and oxygen atoms in total. The highest BCUT2D eigenvalue weighted by molar-refractivity contribution is 6.02. The molecule has 1 fully saturated rings. The molecular weight excluding hydrogens is 420 g/mol. The van der Waals surface area contributed by atoms with Crippen molar-refractivity contribution < 1.29 is 28.8 Å². The van der Waals surface area contributed by atoms with E-state index in [4.69, 9.17) is 15.9 Å². The first-order chi connectivity index (χ1) is 15.3. The number of hydrogen-bond acceptors (Lipinski definition) is 7. The van der Waals surface area contributed by atoms with Gasteiger partial charge in [-0.3, -0.25) is 15.0 Å². The number of esters is 1. The van der Waals surface area contributed by atoms with Crippen LogP contribution in [-0.4, -0.2) is 55.6 Å². The van der Waals surface area contributed by atoms with E-state index in [9.17, 15) is 19.2 Å². The van der Waals surface area contributed by atoms with E-state index in [0.29, 0.717) is 30.8 Å². The van der Waals surface area contributed by atoms with Crippen LogP contribution in [0.2, 0.25) is 0 Å². The monoisotopic (exact) mass is 448 g/mol. The SMILES string of the molecule is CCCCOC(=O)CCNC(=O)N[C@H]1CCN(c2ccc(C(=N)NOC(N)=O)cc2)C1=O. The minimum absolute atomic E-state index is 0.0581. The zero-order valence-electron chi connectivity index (χ0n) is 17.8. The number of carbonyl (C=O) groups excluding carboxylic acids is 4. The van der Waals surface area contributed by atoms with Gasteiger partial charge >= 0.3 is 18.1 Å². The minimum Gasteiger partial charge on any atom is -0.466 e. The van der Waals surface area contributed by atoms with Crippen molar-refractivity contribution in [2.45, 2.75) is 38.6 Å². The Kier molecular flexibility index (Phi) is 9.26. The number of carbonyl (C=O) groups is 4. The van der Waals surface area contributed by atoms with Crippen LogP contribution in [0.3, 0.4) is 0 Å². The van der Waals surface area contributed by atoms with Gasteiger partial charge in [0.25, 0.3) is 0 Å². The molecule has 0 bridgehead atoms. The van der Waals surface area contributed by atoms with Crippen LogP contribution in [0.5, 0.6) is 0 Å². The van der Waals surface area contributed by atoms with Crippen LogP contribution >= 0.6 is 0 Å². The lowest BCUT2D eigenvalue weighted by atomic mass is 10.2. The first kappa shape index (κ1) is 24.4. The van der Waals surface area contributed by atoms with E-state index in [1.165, 1.54) is 4.90 Å². The van der Waals surface area contributed by atoms with E-state index < -0.39 is 18.2 Å². The van der Waals surface area contributed by atoms with Gasteiger partial charge in [0, 0.05) is 24.3 Å². The molecule has 174 valence electrons. The molecule has 2 rings (SSSR count). The maximum absolute atomic E-state index is 12.6. The summed E-state index contributed by atoms with van der Waals surface area (Å²) in [6, 6.07) is 5.22. The van der Waals surface area contributed by atoms with E-state index >= 15 is 0 Å². The third kappa shape index (κ3) is 7.45. The number of urea groups is 1. The van der Waals surface area contributed by atoms with Crippen LogP contribution < -0.4 is 26.7 Å². The summed E-state index contributed by atoms with van der Waals surface area (Å²) in [5.74, 6) is -0.819. The zero-order valence-corrected chi connectivity index (χ0v) is 17.8. The number of rotatable bonds is 9. The summed E-state index contributed by atoms with van der Waals surface area (Å²) in [6.07, 6.45) is 1.14. The maximum Gasteiger partial charge on any atom is 0.428 e. The van der Waals surface area contributed by atoms with Crippen LogP contribution in [0.25, 0.3) is 0 Å². The lowest BCUT2D eigenvalue weighted by Gasteiger charge is -2.18. The van der Waals surface area contributed by atoms with Gasteiger partial charge in [-0.05, 0) is 37.1 Å². The number of hydroxylamine groups is 1. The van der Waals surface area contributed by atoms with Crippen molar-refractivity contribution in [2.75, 3.05) is 24.6 Å². The second kappa shape index (κ2) is 12.1. The summed E-state index contributed by atoms with van der Waals surface area (Å²) in [5.41, 5.74) is 7.96. The molecule has 0 aromatic heterocycles. The molecule has 0 saturated carbocycles. The maximum atomic E-state index is 12.6. The molecule has 0 radical (unpaired) electrons. The Morgan fingerprint density at radius 2 is 1.97 bits per heavy atom. The van der Waals surface area contributed by atoms with E-state index in [-0.39, 0.29) is 30.7 Å². The fourth-order valence-corrected chi connectivity index (χ4v) is 2.93. The molecule has 0 aliphatic carbocycles. The number of unbranched alkanes of at least 4 members (excludes halogenated alkanes) is 1. The number of benzene rings is 1. The number of amidine groups is 1. The molecule has 0 spiro atoms. The fourth-order valence-electron chi connectivity index (χ4n) is 2.93. The Hall–Kier alpha value is -3.83. The number of nitrogens with two attached hydrogens (primary N) is 1. The highest BCUT2D eigenvalue weighted by Crippen LogP contribution is 2.22. The fraction of sp³-hybridized carbons (Fsp3) is 0.450. The quantitative estimate of drug-likeness (QED) is 0.122. The van der Waals surface area contributed by atoms with Gasteiger partial charge in [0.1, 0.15) is 6.04 Å². The molecule has 4 amide bonds. The summed E-state index contributed by atoms with van der Waals surface area (Å²) < 4.78 is 5.01. The standard InChI is InChI=1S/C20H28N6O6/c1-2-3-12-31-16(27)8-10-23-20(30)24-15-9-11-26(18(15)28)14-6-4-13(5-7-14)17(21)25-32-19(22)29/h4-7,15H,2-3,8-12H2,1H3,(H2,21,25)(H2,22,29)(H2,23,24,30)/t15-/m0/s1. The van der Waals surface area contributed by atoms with Gasteiger partial charge in [-0.25, -0.2) is 9.59 Å². The van der Waals surface area contributed by atoms with Crippen molar-refractivity contribution in [2.24, 2.45) is 5.73 Å². The Labute approximate surface area is 185 Å². The summed E-state index contributed by atoms with van der Waals surface area (Å²) in [5, 5.41) is 12.9. The van der Waals surface area contributed by atoms with Gasteiger partial charge in [0.15, 0.2) is 5.84 Å².